The molecule has 1 aliphatic heterocycles. The van der Waals surface area contributed by atoms with Gasteiger partial charge < -0.3 is 10.5 Å². The van der Waals surface area contributed by atoms with Crippen LogP contribution in [0, 0.1) is 0 Å². The Labute approximate surface area is 118 Å². The van der Waals surface area contributed by atoms with Gasteiger partial charge in [0.05, 0.1) is 12.1 Å². The van der Waals surface area contributed by atoms with Crippen LogP contribution < -0.4 is 10.5 Å². The third kappa shape index (κ3) is 2.11. The van der Waals surface area contributed by atoms with Crippen LogP contribution in [0.5, 0.6) is 5.75 Å². The van der Waals surface area contributed by atoms with E-state index in [9.17, 15) is 0 Å². The van der Waals surface area contributed by atoms with Crippen molar-refractivity contribution in [3.63, 3.8) is 0 Å². The molecule has 2 nitrogen and oxygen atoms in total. The number of rotatable bonds is 2. The van der Waals surface area contributed by atoms with E-state index in [0.717, 1.165) is 29.9 Å². The number of nitrogens with two attached hydrogens (primary N) is 1. The minimum absolute atomic E-state index is 0.601. The highest BCUT2D eigenvalue weighted by atomic mass is 35.5. The maximum absolute atomic E-state index is 6.53. The van der Waals surface area contributed by atoms with Crippen molar-refractivity contribution in [2.75, 3.05) is 6.61 Å². The molecule has 0 bridgehead atoms. The third-order valence-electron chi connectivity index (χ3n) is 3.72. The number of hydrogen-bond acceptors (Lipinski definition) is 2. The first kappa shape index (κ1) is 12.5. The summed E-state index contributed by atoms with van der Waals surface area (Å²) in [5, 5.41) is 0.698. The highest BCUT2D eigenvalue weighted by Gasteiger charge is 2.27. The van der Waals surface area contributed by atoms with Crippen molar-refractivity contribution in [2.45, 2.75) is 18.9 Å². The summed E-state index contributed by atoms with van der Waals surface area (Å²) in [5.74, 6) is 0.971. The van der Waals surface area contributed by atoms with Crippen LogP contribution in [0.1, 0.15) is 23.6 Å². The van der Waals surface area contributed by atoms with Crippen molar-refractivity contribution in [1.29, 1.82) is 0 Å². The highest BCUT2D eigenvalue weighted by molar-refractivity contribution is 6.31. The van der Waals surface area contributed by atoms with Crippen molar-refractivity contribution < 1.29 is 4.74 Å². The standard InChI is InChI=1S/C16H16ClNO/c1-16(18,13-4-2-3-5-14(13)17)12-6-7-15-11(10-12)8-9-19-15/h2-7,10H,8-9,18H2,1H3. The van der Waals surface area contributed by atoms with Crippen LogP contribution in [0.3, 0.4) is 0 Å². The molecule has 0 spiro atoms. The van der Waals surface area contributed by atoms with Gasteiger partial charge in [0.15, 0.2) is 0 Å². The Balaban J connectivity index is 2.07. The predicted octanol–water partition coefficient (Wildman–Crippen LogP) is 3.50. The third-order valence-corrected chi connectivity index (χ3v) is 4.05. The molecule has 98 valence electrons. The average molecular weight is 274 g/mol. The molecular formula is C16H16ClNO. The van der Waals surface area contributed by atoms with Crippen molar-refractivity contribution in [3.8, 4) is 5.75 Å². The van der Waals surface area contributed by atoms with Crippen LogP contribution >= 0.6 is 11.6 Å². The van der Waals surface area contributed by atoms with Gasteiger partial charge in [0.1, 0.15) is 5.75 Å². The zero-order valence-electron chi connectivity index (χ0n) is 10.8. The lowest BCUT2D eigenvalue weighted by Crippen LogP contribution is -2.34. The molecule has 3 heteroatoms. The Hall–Kier alpha value is -1.51. The Morgan fingerprint density at radius 1 is 1.21 bits per heavy atom. The fourth-order valence-corrected chi connectivity index (χ4v) is 2.88. The van der Waals surface area contributed by atoms with Gasteiger partial charge in [-0.05, 0) is 41.8 Å². The van der Waals surface area contributed by atoms with Gasteiger partial charge in [-0.2, -0.15) is 0 Å². The lowest BCUT2D eigenvalue weighted by Gasteiger charge is -2.27. The molecule has 0 saturated heterocycles. The Bertz CT molecular complexity index is 622. The van der Waals surface area contributed by atoms with Gasteiger partial charge in [-0.1, -0.05) is 35.9 Å². The van der Waals surface area contributed by atoms with Crippen molar-refractivity contribution in [2.24, 2.45) is 5.73 Å². The average Bonchev–Trinajstić information content (AvgIpc) is 2.86. The van der Waals surface area contributed by atoms with Gasteiger partial charge in [0.2, 0.25) is 0 Å². The molecule has 2 aromatic rings. The van der Waals surface area contributed by atoms with Crippen molar-refractivity contribution in [1.82, 2.24) is 0 Å². The summed E-state index contributed by atoms with van der Waals surface area (Å²) in [6.45, 7) is 2.75. The molecule has 2 N–H and O–H groups in total. The van der Waals surface area contributed by atoms with Gasteiger partial charge >= 0.3 is 0 Å². The Morgan fingerprint density at radius 3 is 2.79 bits per heavy atom. The number of halogens is 1. The second-order valence-electron chi connectivity index (χ2n) is 5.10. The molecule has 1 atom stereocenters. The van der Waals surface area contributed by atoms with E-state index in [1.165, 1.54) is 5.56 Å². The zero-order valence-corrected chi connectivity index (χ0v) is 11.6. The molecule has 1 heterocycles. The number of hydrogen-bond donors (Lipinski definition) is 1. The van der Waals surface area contributed by atoms with E-state index in [1.54, 1.807) is 0 Å². The minimum Gasteiger partial charge on any atom is -0.493 e. The summed E-state index contributed by atoms with van der Waals surface area (Å²) in [6.07, 6.45) is 0.946. The van der Waals surface area contributed by atoms with E-state index >= 15 is 0 Å². The topological polar surface area (TPSA) is 35.2 Å². The molecule has 0 saturated carbocycles. The van der Waals surface area contributed by atoms with Crippen LogP contribution in [0.25, 0.3) is 0 Å². The fourth-order valence-electron chi connectivity index (χ4n) is 2.55. The van der Waals surface area contributed by atoms with E-state index in [4.69, 9.17) is 22.1 Å². The van der Waals surface area contributed by atoms with Crippen LogP contribution in [-0.2, 0) is 12.0 Å². The number of ether oxygens (including phenoxy) is 1. The molecule has 0 radical (unpaired) electrons. The molecule has 0 amide bonds. The first-order valence-corrected chi connectivity index (χ1v) is 6.77. The predicted molar refractivity (Wildman–Crippen MR) is 77.7 cm³/mol. The summed E-state index contributed by atoms with van der Waals surface area (Å²) in [6, 6.07) is 13.9. The molecule has 1 aliphatic rings. The molecule has 3 rings (SSSR count). The van der Waals surface area contributed by atoms with Crippen LogP contribution in [-0.4, -0.2) is 6.61 Å². The van der Waals surface area contributed by atoms with Crippen molar-refractivity contribution in [3.05, 3.63) is 64.2 Å². The molecule has 0 aromatic heterocycles. The summed E-state index contributed by atoms with van der Waals surface area (Å²) < 4.78 is 5.53. The Kier molecular flexibility index (Phi) is 3.00. The van der Waals surface area contributed by atoms with E-state index < -0.39 is 5.54 Å². The smallest absolute Gasteiger partial charge is 0.122 e. The van der Waals surface area contributed by atoms with E-state index in [0.29, 0.717) is 5.02 Å². The lowest BCUT2D eigenvalue weighted by molar-refractivity contribution is 0.356. The van der Waals surface area contributed by atoms with Crippen LogP contribution in [0.4, 0.5) is 0 Å². The lowest BCUT2D eigenvalue weighted by atomic mass is 9.84. The number of fused-ring (bicyclic) bond motifs is 1. The van der Waals surface area contributed by atoms with Gasteiger partial charge in [0, 0.05) is 11.4 Å². The normalized spacial score (nSPS) is 16.6. The van der Waals surface area contributed by atoms with Crippen LogP contribution in [0.15, 0.2) is 42.5 Å². The van der Waals surface area contributed by atoms with Gasteiger partial charge in [-0.25, -0.2) is 0 Å². The van der Waals surface area contributed by atoms with Gasteiger partial charge in [0.25, 0.3) is 0 Å². The molecule has 0 aliphatic carbocycles. The van der Waals surface area contributed by atoms with E-state index in [1.807, 2.05) is 43.3 Å². The SMILES string of the molecule is CC(N)(c1ccc2c(c1)CCO2)c1ccccc1Cl. The van der Waals surface area contributed by atoms with Crippen LogP contribution in [0.2, 0.25) is 5.02 Å². The molecule has 1 unspecified atom stereocenters. The number of benzene rings is 2. The maximum atomic E-state index is 6.53. The first-order valence-electron chi connectivity index (χ1n) is 6.39. The summed E-state index contributed by atoms with van der Waals surface area (Å²) in [7, 11) is 0. The highest BCUT2D eigenvalue weighted by Crippen LogP contribution is 2.35. The largest absolute Gasteiger partial charge is 0.493 e. The summed E-state index contributed by atoms with van der Waals surface area (Å²) in [5.41, 5.74) is 9.15. The monoisotopic (exact) mass is 273 g/mol. The second-order valence-corrected chi connectivity index (χ2v) is 5.51. The first-order chi connectivity index (χ1) is 9.09. The summed E-state index contributed by atoms with van der Waals surface area (Å²) in [4.78, 5) is 0. The Morgan fingerprint density at radius 2 is 2.00 bits per heavy atom. The molecule has 19 heavy (non-hydrogen) atoms. The second kappa shape index (κ2) is 4.55. The maximum Gasteiger partial charge on any atom is 0.122 e. The zero-order chi connectivity index (χ0) is 13.5. The molecular weight excluding hydrogens is 258 g/mol. The summed E-state index contributed by atoms with van der Waals surface area (Å²) >= 11 is 6.27. The molecule has 2 aromatic carbocycles. The van der Waals surface area contributed by atoms with E-state index in [2.05, 4.69) is 6.07 Å². The fraction of sp³-hybridized carbons (Fsp3) is 0.250. The quantitative estimate of drug-likeness (QED) is 0.909. The van der Waals surface area contributed by atoms with E-state index in [-0.39, 0.29) is 0 Å². The molecule has 0 fully saturated rings. The van der Waals surface area contributed by atoms with Crippen molar-refractivity contribution >= 4 is 11.6 Å². The van der Waals surface area contributed by atoms with Gasteiger partial charge in [-0.15, -0.1) is 0 Å². The minimum atomic E-state index is -0.601. The van der Waals surface area contributed by atoms with Gasteiger partial charge in [-0.3, -0.25) is 0 Å².